The average molecular weight is 283 g/mol. The second kappa shape index (κ2) is 8.18. The largest absolute Gasteiger partial charge is 0.354 e. The summed E-state index contributed by atoms with van der Waals surface area (Å²) in [7, 11) is 0. The highest BCUT2D eigenvalue weighted by molar-refractivity contribution is 5.85. The number of hydrogen-bond donors (Lipinski definition) is 2. The van der Waals surface area contributed by atoms with Gasteiger partial charge in [0.05, 0.1) is 0 Å². The number of rotatable bonds is 4. The Morgan fingerprint density at radius 2 is 1.84 bits per heavy atom. The van der Waals surface area contributed by atoms with Gasteiger partial charge in [-0.1, -0.05) is 49.6 Å². The highest BCUT2D eigenvalue weighted by Gasteiger charge is 2.18. The molecule has 1 aliphatic carbocycles. The fourth-order valence-corrected chi connectivity index (χ4v) is 2.56. The Hall–Kier alpha value is -1.06. The van der Waals surface area contributed by atoms with Gasteiger partial charge < -0.3 is 11.1 Å². The summed E-state index contributed by atoms with van der Waals surface area (Å²) in [6.45, 7) is 0.777. The first-order valence-corrected chi connectivity index (χ1v) is 6.85. The van der Waals surface area contributed by atoms with Crippen LogP contribution in [0.4, 0.5) is 0 Å². The SMILES string of the molecule is Cl.NC(C(=O)NCC1CCCCC1)c1ccccc1. The van der Waals surface area contributed by atoms with Crippen LogP contribution in [0.1, 0.15) is 43.7 Å². The molecule has 0 heterocycles. The van der Waals surface area contributed by atoms with E-state index in [9.17, 15) is 4.79 Å². The molecule has 0 saturated heterocycles. The predicted octanol–water partition coefficient (Wildman–Crippen LogP) is 2.80. The Labute approximate surface area is 121 Å². The van der Waals surface area contributed by atoms with Crippen LogP contribution in [-0.4, -0.2) is 12.5 Å². The zero-order chi connectivity index (χ0) is 12.8. The van der Waals surface area contributed by atoms with Crippen molar-refractivity contribution in [1.82, 2.24) is 5.32 Å². The molecule has 1 saturated carbocycles. The Morgan fingerprint density at radius 3 is 2.47 bits per heavy atom. The Morgan fingerprint density at radius 1 is 1.21 bits per heavy atom. The predicted molar refractivity (Wildman–Crippen MR) is 80.2 cm³/mol. The molecule has 2 rings (SSSR count). The Kier molecular flexibility index (Phi) is 6.89. The summed E-state index contributed by atoms with van der Waals surface area (Å²) in [5.74, 6) is 0.581. The second-order valence-electron chi connectivity index (χ2n) is 5.14. The molecule has 3 nitrogen and oxygen atoms in total. The van der Waals surface area contributed by atoms with E-state index in [1.54, 1.807) is 0 Å². The standard InChI is InChI=1S/C15H22N2O.ClH/c16-14(13-9-5-2-6-10-13)15(18)17-11-12-7-3-1-4-8-12;/h2,5-6,9-10,12,14H,1,3-4,7-8,11,16H2,(H,17,18);1H. The van der Waals surface area contributed by atoms with Crippen LogP contribution in [0.5, 0.6) is 0 Å². The normalized spacial score (nSPS) is 17.3. The highest BCUT2D eigenvalue weighted by Crippen LogP contribution is 2.22. The van der Waals surface area contributed by atoms with Gasteiger partial charge in [0.1, 0.15) is 6.04 Å². The number of hydrogen-bond acceptors (Lipinski definition) is 2. The van der Waals surface area contributed by atoms with Crippen LogP contribution in [0.15, 0.2) is 30.3 Å². The third-order valence-electron chi connectivity index (χ3n) is 3.73. The van der Waals surface area contributed by atoms with E-state index < -0.39 is 6.04 Å². The first-order valence-electron chi connectivity index (χ1n) is 6.85. The molecule has 1 aliphatic rings. The molecule has 0 radical (unpaired) electrons. The van der Waals surface area contributed by atoms with Gasteiger partial charge in [-0.25, -0.2) is 0 Å². The van der Waals surface area contributed by atoms with Gasteiger partial charge in [0, 0.05) is 6.54 Å². The summed E-state index contributed by atoms with van der Waals surface area (Å²) in [5, 5.41) is 2.99. The number of carbonyl (C=O) groups excluding carboxylic acids is 1. The molecule has 1 aromatic rings. The van der Waals surface area contributed by atoms with Crippen LogP contribution in [0.25, 0.3) is 0 Å². The average Bonchev–Trinajstić information content (AvgIpc) is 2.46. The molecule has 0 aliphatic heterocycles. The van der Waals surface area contributed by atoms with E-state index in [0.717, 1.165) is 12.1 Å². The van der Waals surface area contributed by atoms with Crippen LogP contribution in [0.3, 0.4) is 0 Å². The van der Waals surface area contributed by atoms with Crippen molar-refractivity contribution >= 4 is 18.3 Å². The van der Waals surface area contributed by atoms with E-state index >= 15 is 0 Å². The maximum Gasteiger partial charge on any atom is 0.241 e. The third-order valence-corrected chi connectivity index (χ3v) is 3.73. The van der Waals surface area contributed by atoms with E-state index in [4.69, 9.17) is 5.73 Å². The molecule has 0 aromatic heterocycles. The Balaban J connectivity index is 0.00000180. The van der Waals surface area contributed by atoms with Gasteiger partial charge in [0.2, 0.25) is 5.91 Å². The molecule has 3 N–H and O–H groups in total. The number of nitrogens with one attached hydrogen (secondary N) is 1. The van der Waals surface area contributed by atoms with Crippen molar-refractivity contribution in [2.75, 3.05) is 6.54 Å². The minimum atomic E-state index is -0.546. The Bertz CT molecular complexity index is 377. The topological polar surface area (TPSA) is 55.1 Å². The van der Waals surface area contributed by atoms with Gasteiger partial charge in [-0.3, -0.25) is 4.79 Å². The number of halogens is 1. The van der Waals surface area contributed by atoms with Crippen molar-refractivity contribution in [3.05, 3.63) is 35.9 Å². The van der Waals surface area contributed by atoms with Crippen molar-refractivity contribution < 1.29 is 4.79 Å². The highest BCUT2D eigenvalue weighted by atomic mass is 35.5. The molecule has 0 bridgehead atoms. The summed E-state index contributed by atoms with van der Waals surface area (Å²) in [6, 6.07) is 8.98. The smallest absolute Gasteiger partial charge is 0.241 e. The van der Waals surface area contributed by atoms with Crippen molar-refractivity contribution in [1.29, 1.82) is 0 Å². The lowest BCUT2D eigenvalue weighted by Crippen LogP contribution is -2.37. The zero-order valence-electron chi connectivity index (χ0n) is 11.2. The lowest BCUT2D eigenvalue weighted by atomic mass is 9.89. The summed E-state index contributed by atoms with van der Waals surface area (Å²) in [6.07, 6.45) is 6.41. The minimum absolute atomic E-state index is 0. The summed E-state index contributed by atoms with van der Waals surface area (Å²) in [4.78, 5) is 12.0. The number of nitrogens with two attached hydrogens (primary N) is 1. The van der Waals surface area contributed by atoms with E-state index in [2.05, 4.69) is 5.32 Å². The van der Waals surface area contributed by atoms with E-state index in [1.165, 1.54) is 32.1 Å². The van der Waals surface area contributed by atoms with Crippen LogP contribution >= 0.6 is 12.4 Å². The molecule has 1 unspecified atom stereocenters. The summed E-state index contributed by atoms with van der Waals surface area (Å²) in [5.41, 5.74) is 6.82. The van der Waals surface area contributed by atoms with Gasteiger partial charge in [0.25, 0.3) is 0 Å². The molecular formula is C15H23ClN2O. The van der Waals surface area contributed by atoms with Crippen LogP contribution < -0.4 is 11.1 Å². The zero-order valence-corrected chi connectivity index (χ0v) is 12.0. The molecule has 19 heavy (non-hydrogen) atoms. The number of carbonyl (C=O) groups is 1. The first kappa shape index (κ1) is 16.0. The first-order chi connectivity index (χ1) is 8.77. The van der Waals surface area contributed by atoms with Gasteiger partial charge in [-0.05, 0) is 24.3 Å². The molecule has 4 heteroatoms. The molecular weight excluding hydrogens is 260 g/mol. The van der Waals surface area contributed by atoms with Crippen LogP contribution in [0.2, 0.25) is 0 Å². The van der Waals surface area contributed by atoms with Crippen molar-refractivity contribution in [2.24, 2.45) is 11.7 Å². The fourth-order valence-electron chi connectivity index (χ4n) is 2.56. The molecule has 1 atom stereocenters. The van der Waals surface area contributed by atoms with Gasteiger partial charge in [-0.15, -0.1) is 12.4 Å². The van der Waals surface area contributed by atoms with E-state index in [-0.39, 0.29) is 18.3 Å². The van der Waals surface area contributed by atoms with Gasteiger partial charge >= 0.3 is 0 Å². The van der Waals surface area contributed by atoms with Crippen molar-refractivity contribution in [2.45, 2.75) is 38.1 Å². The van der Waals surface area contributed by atoms with Crippen LogP contribution in [-0.2, 0) is 4.79 Å². The van der Waals surface area contributed by atoms with E-state index in [0.29, 0.717) is 5.92 Å². The van der Waals surface area contributed by atoms with Crippen molar-refractivity contribution in [3.63, 3.8) is 0 Å². The number of benzene rings is 1. The maximum absolute atomic E-state index is 12.0. The quantitative estimate of drug-likeness (QED) is 0.892. The molecule has 106 valence electrons. The lowest BCUT2D eigenvalue weighted by molar-refractivity contribution is -0.122. The summed E-state index contributed by atoms with van der Waals surface area (Å²) < 4.78 is 0. The molecule has 1 aromatic carbocycles. The third kappa shape index (κ3) is 4.84. The minimum Gasteiger partial charge on any atom is -0.354 e. The fraction of sp³-hybridized carbons (Fsp3) is 0.533. The second-order valence-corrected chi connectivity index (χ2v) is 5.14. The monoisotopic (exact) mass is 282 g/mol. The lowest BCUT2D eigenvalue weighted by Gasteiger charge is -2.22. The molecule has 1 fully saturated rings. The van der Waals surface area contributed by atoms with Gasteiger partial charge in [-0.2, -0.15) is 0 Å². The molecule has 0 spiro atoms. The summed E-state index contributed by atoms with van der Waals surface area (Å²) >= 11 is 0. The van der Waals surface area contributed by atoms with Crippen LogP contribution in [0, 0.1) is 5.92 Å². The van der Waals surface area contributed by atoms with E-state index in [1.807, 2.05) is 30.3 Å². The van der Waals surface area contributed by atoms with Gasteiger partial charge in [0.15, 0.2) is 0 Å². The van der Waals surface area contributed by atoms with Crippen molar-refractivity contribution in [3.8, 4) is 0 Å². The number of amides is 1. The maximum atomic E-state index is 12.0. The molecule has 1 amide bonds.